The molecule has 5 rings (SSSR count). The third-order valence-corrected chi connectivity index (χ3v) is 7.01. The molecule has 1 atom stereocenters. The van der Waals surface area contributed by atoms with Gasteiger partial charge in [-0.15, -0.1) is 0 Å². The van der Waals surface area contributed by atoms with Crippen molar-refractivity contribution in [3.05, 3.63) is 66.0 Å². The zero-order valence-electron chi connectivity index (χ0n) is 23.3. The molecule has 1 amide bonds. The van der Waals surface area contributed by atoms with E-state index in [0.29, 0.717) is 19.5 Å². The molecule has 4 aromatic rings. The SMILES string of the molecule is CC(c1ccnc(Cc2nc3ccc(-c4cnn(CC(F)F)c4)cc3[nH]2)c1)N1CCN(C(=O)OC(C)(C)C)CC1. The highest BCUT2D eigenvalue weighted by molar-refractivity contribution is 5.81. The number of nitrogens with zero attached hydrogens (tertiary/aromatic N) is 6. The van der Waals surface area contributed by atoms with E-state index in [4.69, 9.17) is 9.72 Å². The molecule has 0 radical (unpaired) electrons. The number of carbonyl (C=O) groups is 1. The summed E-state index contributed by atoms with van der Waals surface area (Å²) >= 11 is 0. The molecule has 0 bridgehead atoms. The van der Waals surface area contributed by atoms with Gasteiger partial charge in [0, 0.05) is 62.3 Å². The van der Waals surface area contributed by atoms with E-state index in [-0.39, 0.29) is 12.1 Å². The van der Waals surface area contributed by atoms with Crippen molar-refractivity contribution in [1.82, 2.24) is 34.5 Å². The molecular weight excluding hydrogens is 516 g/mol. The molecule has 11 heteroatoms. The molecule has 1 N–H and O–H groups in total. The molecule has 1 saturated heterocycles. The van der Waals surface area contributed by atoms with Gasteiger partial charge in [0.25, 0.3) is 6.43 Å². The van der Waals surface area contributed by atoms with Crippen molar-refractivity contribution < 1.29 is 18.3 Å². The maximum absolute atomic E-state index is 12.7. The Bertz CT molecular complexity index is 1470. The first-order valence-electron chi connectivity index (χ1n) is 13.5. The van der Waals surface area contributed by atoms with Crippen LogP contribution in [0.5, 0.6) is 0 Å². The average Bonchev–Trinajstić information content (AvgIpc) is 3.53. The van der Waals surface area contributed by atoms with E-state index >= 15 is 0 Å². The highest BCUT2D eigenvalue weighted by atomic mass is 19.3. The minimum atomic E-state index is -2.45. The fraction of sp³-hybridized carbons (Fsp3) is 0.448. The van der Waals surface area contributed by atoms with Crippen molar-refractivity contribution in [2.45, 2.75) is 58.7 Å². The monoisotopic (exact) mass is 551 g/mol. The van der Waals surface area contributed by atoms with Crippen LogP contribution in [0.25, 0.3) is 22.2 Å². The minimum Gasteiger partial charge on any atom is -0.444 e. The van der Waals surface area contributed by atoms with Crippen molar-refractivity contribution in [2.75, 3.05) is 26.2 Å². The van der Waals surface area contributed by atoms with E-state index in [1.54, 1.807) is 17.3 Å². The van der Waals surface area contributed by atoms with E-state index in [9.17, 15) is 13.6 Å². The molecule has 0 aliphatic carbocycles. The number of piperazine rings is 1. The second-order valence-corrected chi connectivity index (χ2v) is 11.2. The number of hydrogen-bond acceptors (Lipinski definition) is 6. The van der Waals surface area contributed by atoms with E-state index in [0.717, 1.165) is 52.3 Å². The zero-order chi connectivity index (χ0) is 28.4. The number of benzene rings is 1. The Morgan fingerprint density at radius 3 is 2.60 bits per heavy atom. The number of fused-ring (bicyclic) bond motifs is 1. The summed E-state index contributed by atoms with van der Waals surface area (Å²) in [5.41, 5.74) is 4.91. The lowest BCUT2D eigenvalue weighted by Gasteiger charge is -2.38. The van der Waals surface area contributed by atoms with Gasteiger partial charge in [0.05, 0.1) is 17.2 Å². The number of amides is 1. The van der Waals surface area contributed by atoms with Gasteiger partial charge < -0.3 is 14.6 Å². The number of aromatic nitrogens is 5. The molecule has 9 nitrogen and oxygen atoms in total. The van der Waals surface area contributed by atoms with Crippen molar-refractivity contribution >= 4 is 17.1 Å². The molecule has 1 unspecified atom stereocenters. The van der Waals surface area contributed by atoms with Gasteiger partial charge >= 0.3 is 6.09 Å². The largest absolute Gasteiger partial charge is 0.444 e. The van der Waals surface area contributed by atoms with Crippen LogP contribution >= 0.6 is 0 Å². The fourth-order valence-corrected chi connectivity index (χ4v) is 4.93. The number of pyridine rings is 1. The van der Waals surface area contributed by atoms with Crippen LogP contribution in [0.3, 0.4) is 0 Å². The maximum Gasteiger partial charge on any atom is 0.410 e. The summed E-state index contributed by atoms with van der Waals surface area (Å²) in [6.45, 7) is 10.2. The lowest BCUT2D eigenvalue weighted by molar-refractivity contribution is 0.0110. The Hall–Kier alpha value is -3.86. The van der Waals surface area contributed by atoms with Crippen LogP contribution in [0.4, 0.5) is 13.6 Å². The van der Waals surface area contributed by atoms with Crippen LogP contribution in [0, 0.1) is 0 Å². The molecule has 1 aliphatic rings. The first-order valence-corrected chi connectivity index (χ1v) is 13.5. The van der Waals surface area contributed by atoms with Crippen LogP contribution in [0.15, 0.2) is 48.9 Å². The second-order valence-electron chi connectivity index (χ2n) is 11.2. The number of rotatable bonds is 7. The first kappa shape index (κ1) is 27.7. The summed E-state index contributed by atoms with van der Waals surface area (Å²) in [7, 11) is 0. The molecule has 1 fully saturated rings. The molecule has 3 aromatic heterocycles. The Morgan fingerprint density at radius 2 is 1.88 bits per heavy atom. The zero-order valence-corrected chi connectivity index (χ0v) is 23.3. The van der Waals surface area contributed by atoms with Crippen LogP contribution < -0.4 is 0 Å². The fourth-order valence-electron chi connectivity index (χ4n) is 4.93. The summed E-state index contributed by atoms with van der Waals surface area (Å²) in [5.74, 6) is 0.795. The predicted octanol–water partition coefficient (Wildman–Crippen LogP) is 5.29. The van der Waals surface area contributed by atoms with Crippen molar-refractivity contribution in [3.63, 3.8) is 0 Å². The Morgan fingerprint density at radius 1 is 1.10 bits per heavy atom. The summed E-state index contributed by atoms with van der Waals surface area (Å²) in [5, 5.41) is 4.03. The lowest BCUT2D eigenvalue weighted by Crippen LogP contribution is -2.50. The Kier molecular flexibility index (Phi) is 7.84. The number of aromatic amines is 1. The van der Waals surface area contributed by atoms with Gasteiger partial charge in [0.15, 0.2) is 0 Å². The van der Waals surface area contributed by atoms with Crippen LogP contribution in [0.2, 0.25) is 0 Å². The topological polar surface area (TPSA) is 92.2 Å². The molecule has 0 spiro atoms. The third-order valence-electron chi connectivity index (χ3n) is 7.01. The van der Waals surface area contributed by atoms with Gasteiger partial charge in [0.1, 0.15) is 18.0 Å². The summed E-state index contributed by atoms with van der Waals surface area (Å²) < 4.78 is 32.1. The summed E-state index contributed by atoms with van der Waals surface area (Å²) in [6, 6.07) is 10.1. The third kappa shape index (κ3) is 6.64. The molecule has 1 aliphatic heterocycles. The van der Waals surface area contributed by atoms with Crippen molar-refractivity contribution in [1.29, 1.82) is 0 Å². The molecular formula is C29H35F2N7O2. The predicted molar refractivity (Wildman–Crippen MR) is 148 cm³/mol. The van der Waals surface area contributed by atoms with Gasteiger partial charge in [0.2, 0.25) is 0 Å². The smallest absolute Gasteiger partial charge is 0.410 e. The average molecular weight is 552 g/mol. The number of H-pyrrole nitrogens is 1. The maximum atomic E-state index is 12.7. The molecule has 1 aromatic carbocycles. The van der Waals surface area contributed by atoms with Gasteiger partial charge in [-0.1, -0.05) is 6.07 Å². The van der Waals surface area contributed by atoms with E-state index < -0.39 is 18.6 Å². The highest BCUT2D eigenvalue weighted by Crippen LogP contribution is 2.26. The second kappa shape index (κ2) is 11.3. The summed E-state index contributed by atoms with van der Waals surface area (Å²) in [4.78, 5) is 29.2. The van der Waals surface area contributed by atoms with Gasteiger partial charge in [-0.2, -0.15) is 5.10 Å². The summed E-state index contributed by atoms with van der Waals surface area (Å²) in [6.07, 6.45) is 2.88. The van der Waals surface area contributed by atoms with Gasteiger partial charge in [-0.3, -0.25) is 14.6 Å². The standard InChI is InChI=1S/C29H35F2N7O2/c1-19(36-9-11-37(12-10-36)28(39)40-29(2,3)4)20-7-8-32-23(13-20)15-27-34-24-6-5-21(14-25(24)35-27)22-16-33-38(17-22)18-26(30)31/h5-8,13-14,16-17,19,26H,9-12,15,18H2,1-4H3,(H,34,35). The minimum absolute atomic E-state index is 0.173. The molecule has 4 heterocycles. The molecule has 40 heavy (non-hydrogen) atoms. The van der Waals surface area contributed by atoms with Gasteiger partial charge in [-0.05, 0) is 63.1 Å². The Balaban J connectivity index is 1.23. The van der Waals surface area contributed by atoms with Crippen LogP contribution in [-0.2, 0) is 17.7 Å². The van der Waals surface area contributed by atoms with Crippen LogP contribution in [0.1, 0.15) is 50.8 Å². The van der Waals surface area contributed by atoms with Crippen molar-refractivity contribution in [2.24, 2.45) is 0 Å². The molecule has 212 valence electrons. The number of imidazole rings is 1. The Labute approximate surface area is 232 Å². The first-order chi connectivity index (χ1) is 19.0. The number of carbonyl (C=O) groups excluding carboxylic acids is 1. The lowest BCUT2D eigenvalue weighted by atomic mass is 10.1. The van der Waals surface area contributed by atoms with E-state index in [2.05, 4.69) is 33.0 Å². The van der Waals surface area contributed by atoms with Crippen LogP contribution in [-0.4, -0.2) is 78.8 Å². The molecule has 0 saturated carbocycles. The normalized spacial score (nSPS) is 15.6. The number of halogens is 2. The van der Waals surface area contributed by atoms with Gasteiger partial charge in [-0.25, -0.2) is 18.6 Å². The van der Waals surface area contributed by atoms with E-state index in [1.165, 1.54) is 4.68 Å². The van der Waals surface area contributed by atoms with Crippen molar-refractivity contribution in [3.8, 4) is 11.1 Å². The number of nitrogens with one attached hydrogen (secondary N) is 1. The number of alkyl halides is 2. The number of ether oxygens (including phenoxy) is 1. The highest BCUT2D eigenvalue weighted by Gasteiger charge is 2.28. The number of hydrogen-bond donors (Lipinski definition) is 1. The quantitative estimate of drug-likeness (QED) is 0.336. The van der Waals surface area contributed by atoms with E-state index in [1.807, 2.05) is 51.2 Å².